The van der Waals surface area contributed by atoms with Crippen LogP contribution in [0.25, 0.3) is 0 Å². The summed E-state index contributed by atoms with van der Waals surface area (Å²) in [5.41, 5.74) is 6.93. The zero-order chi connectivity index (χ0) is 15.1. The largest absolute Gasteiger partial charge is 0.481 e. The number of aliphatic carboxylic acids is 1. The van der Waals surface area contributed by atoms with Gasteiger partial charge in [-0.3, -0.25) is 9.59 Å². The molecule has 5 heteroatoms. The summed E-state index contributed by atoms with van der Waals surface area (Å²) in [4.78, 5) is 24.5. The van der Waals surface area contributed by atoms with E-state index in [0.29, 0.717) is 6.54 Å². The minimum atomic E-state index is -0.906. The molecule has 0 radical (unpaired) electrons. The topological polar surface area (TPSA) is 83.6 Å². The van der Waals surface area contributed by atoms with Crippen molar-refractivity contribution in [3.05, 3.63) is 35.9 Å². The Kier molecular flexibility index (Phi) is 6.18. The van der Waals surface area contributed by atoms with Gasteiger partial charge in [0.05, 0.1) is 6.42 Å². The van der Waals surface area contributed by atoms with Crippen LogP contribution in [0.15, 0.2) is 30.3 Å². The highest BCUT2D eigenvalue weighted by atomic mass is 16.4. The molecule has 1 aromatic rings. The van der Waals surface area contributed by atoms with Gasteiger partial charge in [-0.1, -0.05) is 30.3 Å². The number of rotatable bonds is 7. The Morgan fingerprint density at radius 1 is 1.25 bits per heavy atom. The normalized spacial score (nSPS) is 13.6. The van der Waals surface area contributed by atoms with Crippen molar-refractivity contribution < 1.29 is 14.7 Å². The minimum absolute atomic E-state index is 0.0554. The number of carboxylic acids is 1. The number of amides is 1. The maximum absolute atomic E-state index is 12.2. The lowest BCUT2D eigenvalue weighted by atomic mass is 10.0. The first-order valence-electron chi connectivity index (χ1n) is 6.77. The van der Waals surface area contributed by atoms with E-state index in [0.717, 1.165) is 5.56 Å². The zero-order valence-corrected chi connectivity index (χ0v) is 12.0. The van der Waals surface area contributed by atoms with Crippen molar-refractivity contribution in [2.75, 3.05) is 6.54 Å². The first-order valence-corrected chi connectivity index (χ1v) is 6.77. The van der Waals surface area contributed by atoms with E-state index in [9.17, 15) is 9.59 Å². The summed E-state index contributed by atoms with van der Waals surface area (Å²) in [5.74, 6) is -1.02. The number of benzene rings is 1. The van der Waals surface area contributed by atoms with Crippen molar-refractivity contribution in [1.82, 2.24) is 4.90 Å². The first kappa shape index (κ1) is 16.2. The van der Waals surface area contributed by atoms with E-state index in [1.54, 1.807) is 11.8 Å². The summed E-state index contributed by atoms with van der Waals surface area (Å²) >= 11 is 0. The maximum Gasteiger partial charge on any atom is 0.305 e. The molecule has 0 saturated carbocycles. The summed E-state index contributed by atoms with van der Waals surface area (Å²) in [6.07, 6.45) is 0.127. The van der Waals surface area contributed by atoms with Gasteiger partial charge >= 0.3 is 5.97 Å². The molecule has 5 nitrogen and oxygen atoms in total. The lowest BCUT2D eigenvalue weighted by Crippen LogP contribution is -2.40. The van der Waals surface area contributed by atoms with Crippen LogP contribution in [-0.4, -0.2) is 34.5 Å². The van der Waals surface area contributed by atoms with E-state index in [-0.39, 0.29) is 30.8 Å². The van der Waals surface area contributed by atoms with Crippen molar-refractivity contribution in [3.63, 3.8) is 0 Å². The summed E-state index contributed by atoms with van der Waals surface area (Å²) in [7, 11) is 0. The van der Waals surface area contributed by atoms with Crippen molar-refractivity contribution in [1.29, 1.82) is 0 Å². The lowest BCUT2D eigenvalue weighted by Gasteiger charge is -2.28. The highest BCUT2D eigenvalue weighted by molar-refractivity contribution is 5.78. The summed E-state index contributed by atoms with van der Waals surface area (Å²) < 4.78 is 0. The average Bonchev–Trinajstić information content (AvgIpc) is 2.39. The second-order valence-corrected chi connectivity index (χ2v) is 4.85. The summed E-state index contributed by atoms with van der Waals surface area (Å²) in [5, 5.41) is 8.81. The Morgan fingerprint density at radius 3 is 2.35 bits per heavy atom. The molecule has 0 fully saturated rings. The number of nitrogens with zero attached hydrogens (tertiary/aromatic N) is 1. The molecule has 2 atom stereocenters. The van der Waals surface area contributed by atoms with E-state index in [1.807, 2.05) is 37.3 Å². The Labute approximate surface area is 119 Å². The lowest BCUT2D eigenvalue weighted by molar-refractivity contribution is -0.140. The Bertz CT molecular complexity index is 448. The Hall–Kier alpha value is -1.88. The van der Waals surface area contributed by atoms with Gasteiger partial charge in [-0.25, -0.2) is 0 Å². The molecule has 0 heterocycles. The van der Waals surface area contributed by atoms with E-state index < -0.39 is 5.97 Å². The molecule has 0 saturated heterocycles. The van der Waals surface area contributed by atoms with Gasteiger partial charge < -0.3 is 15.7 Å². The molecular formula is C15H22N2O3. The van der Waals surface area contributed by atoms with Crippen LogP contribution < -0.4 is 5.73 Å². The van der Waals surface area contributed by atoms with Crippen molar-refractivity contribution >= 4 is 11.9 Å². The molecule has 110 valence electrons. The molecular weight excluding hydrogens is 256 g/mol. The molecule has 1 aromatic carbocycles. The third kappa shape index (κ3) is 4.66. The highest BCUT2D eigenvalue weighted by Crippen LogP contribution is 2.16. The van der Waals surface area contributed by atoms with E-state index >= 15 is 0 Å². The zero-order valence-electron chi connectivity index (χ0n) is 12.0. The summed E-state index contributed by atoms with van der Waals surface area (Å²) in [6.45, 7) is 4.06. The fourth-order valence-corrected chi connectivity index (χ4v) is 2.22. The number of carboxylic acid groups (broad SMARTS) is 1. The van der Waals surface area contributed by atoms with Crippen LogP contribution in [0, 0.1) is 0 Å². The van der Waals surface area contributed by atoms with Crippen LogP contribution in [0.5, 0.6) is 0 Å². The third-order valence-electron chi connectivity index (χ3n) is 3.29. The number of hydrogen-bond donors (Lipinski definition) is 2. The van der Waals surface area contributed by atoms with Gasteiger partial charge in [-0.2, -0.15) is 0 Å². The van der Waals surface area contributed by atoms with Crippen LogP contribution in [0.1, 0.15) is 38.3 Å². The highest BCUT2D eigenvalue weighted by Gasteiger charge is 2.22. The predicted molar refractivity (Wildman–Crippen MR) is 77.1 cm³/mol. The molecule has 0 bridgehead atoms. The molecule has 20 heavy (non-hydrogen) atoms. The molecule has 1 rings (SSSR count). The predicted octanol–water partition coefficient (Wildman–Crippen LogP) is 1.79. The molecule has 0 aliphatic rings. The second-order valence-electron chi connectivity index (χ2n) is 4.85. The third-order valence-corrected chi connectivity index (χ3v) is 3.29. The second kappa shape index (κ2) is 7.65. The van der Waals surface area contributed by atoms with Gasteiger partial charge in [0.25, 0.3) is 0 Å². The van der Waals surface area contributed by atoms with Gasteiger partial charge in [0.2, 0.25) is 5.91 Å². The minimum Gasteiger partial charge on any atom is -0.481 e. The van der Waals surface area contributed by atoms with Gasteiger partial charge in [-0.05, 0) is 19.4 Å². The number of nitrogens with two attached hydrogens (primary N) is 1. The maximum atomic E-state index is 12.2. The smallest absolute Gasteiger partial charge is 0.305 e. The SMILES string of the molecule is CCN(C(=O)CC(N)c1ccccc1)C(C)CC(=O)O. The van der Waals surface area contributed by atoms with Crippen molar-refractivity contribution in [2.45, 2.75) is 38.8 Å². The monoisotopic (exact) mass is 278 g/mol. The van der Waals surface area contributed by atoms with Crippen LogP contribution >= 0.6 is 0 Å². The molecule has 0 spiro atoms. The van der Waals surface area contributed by atoms with Gasteiger partial charge in [-0.15, -0.1) is 0 Å². The molecule has 0 aliphatic heterocycles. The Morgan fingerprint density at radius 2 is 1.85 bits per heavy atom. The number of carbonyl (C=O) groups excluding carboxylic acids is 1. The standard InChI is InChI=1S/C15H22N2O3/c1-3-17(11(2)9-15(19)20)14(18)10-13(16)12-7-5-4-6-8-12/h4-8,11,13H,3,9-10,16H2,1-2H3,(H,19,20). The average molecular weight is 278 g/mol. The summed E-state index contributed by atoms with van der Waals surface area (Å²) in [6, 6.07) is 8.73. The van der Waals surface area contributed by atoms with Crippen LogP contribution in [0.4, 0.5) is 0 Å². The molecule has 0 aromatic heterocycles. The van der Waals surface area contributed by atoms with E-state index in [2.05, 4.69) is 0 Å². The first-order chi connectivity index (χ1) is 9.45. The van der Waals surface area contributed by atoms with E-state index in [4.69, 9.17) is 10.8 Å². The van der Waals surface area contributed by atoms with Crippen LogP contribution in [-0.2, 0) is 9.59 Å². The van der Waals surface area contributed by atoms with Crippen LogP contribution in [0.3, 0.4) is 0 Å². The van der Waals surface area contributed by atoms with Crippen molar-refractivity contribution in [2.24, 2.45) is 5.73 Å². The quantitative estimate of drug-likeness (QED) is 0.796. The molecule has 3 N–H and O–H groups in total. The van der Waals surface area contributed by atoms with Crippen molar-refractivity contribution in [3.8, 4) is 0 Å². The van der Waals surface area contributed by atoms with Crippen LogP contribution in [0.2, 0.25) is 0 Å². The molecule has 1 amide bonds. The number of carbonyl (C=O) groups is 2. The van der Waals surface area contributed by atoms with Gasteiger partial charge in [0.15, 0.2) is 0 Å². The molecule has 2 unspecified atom stereocenters. The fraction of sp³-hybridized carbons (Fsp3) is 0.467. The number of hydrogen-bond acceptors (Lipinski definition) is 3. The van der Waals surface area contributed by atoms with E-state index in [1.165, 1.54) is 0 Å². The van der Waals surface area contributed by atoms with Gasteiger partial charge in [0.1, 0.15) is 0 Å². The molecule has 0 aliphatic carbocycles. The Balaban J connectivity index is 2.65. The fourth-order valence-electron chi connectivity index (χ4n) is 2.22. The van der Waals surface area contributed by atoms with Gasteiger partial charge in [0, 0.05) is 25.0 Å².